The zero-order chi connectivity index (χ0) is 15.5. The summed E-state index contributed by atoms with van der Waals surface area (Å²) in [6.07, 6.45) is 0.240. The molecular formula is C18H19NO3. The molecule has 0 aromatic heterocycles. The Morgan fingerprint density at radius 3 is 2.77 bits per heavy atom. The second-order valence-electron chi connectivity index (χ2n) is 5.50. The van der Waals surface area contributed by atoms with Crippen LogP contribution in [0, 0.1) is 0 Å². The van der Waals surface area contributed by atoms with Gasteiger partial charge in [-0.15, -0.1) is 0 Å². The molecule has 2 N–H and O–H groups in total. The molecule has 4 heteroatoms. The van der Waals surface area contributed by atoms with Gasteiger partial charge in [-0.3, -0.25) is 4.79 Å². The van der Waals surface area contributed by atoms with Gasteiger partial charge in [0.05, 0.1) is 25.7 Å². The van der Waals surface area contributed by atoms with Crippen LogP contribution in [0.4, 0.5) is 0 Å². The second-order valence-corrected chi connectivity index (χ2v) is 5.50. The first-order valence-electron chi connectivity index (χ1n) is 7.36. The third-order valence-corrected chi connectivity index (χ3v) is 4.06. The van der Waals surface area contributed by atoms with E-state index in [0.717, 1.165) is 16.7 Å². The molecule has 1 amide bonds. The highest BCUT2D eigenvalue weighted by Gasteiger charge is 2.31. The molecule has 114 valence electrons. The minimum absolute atomic E-state index is 0.120. The number of nitrogens with one attached hydrogen (secondary N) is 1. The third kappa shape index (κ3) is 2.83. The molecule has 0 spiro atoms. The molecule has 0 bridgehead atoms. The Morgan fingerprint density at radius 1 is 1.23 bits per heavy atom. The Kier molecular flexibility index (Phi) is 4.11. The summed E-state index contributed by atoms with van der Waals surface area (Å²) in [6, 6.07) is 15.0. The molecule has 1 aliphatic rings. The maximum Gasteiger partial charge on any atom is 0.225 e. The van der Waals surface area contributed by atoms with Gasteiger partial charge in [0.15, 0.2) is 0 Å². The number of amides is 1. The molecule has 0 saturated heterocycles. The van der Waals surface area contributed by atoms with Gasteiger partial charge in [-0.05, 0) is 17.2 Å². The van der Waals surface area contributed by atoms with Gasteiger partial charge in [-0.1, -0.05) is 42.5 Å². The first kappa shape index (κ1) is 14.6. The Labute approximate surface area is 129 Å². The van der Waals surface area contributed by atoms with Crippen molar-refractivity contribution in [1.82, 2.24) is 5.32 Å². The average Bonchev–Trinajstić information content (AvgIpc) is 2.84. The van der Waals surface area contributed by atoms with E-state index in [-0.39, 0.29) is 18.4 Å². The van der Waals surface area contributed by atoms with Crippen molar-refractivity contribution in [3.8, 4) is 5.75 Å². The summed E-state index contributed by atoms with van der Waals surface area (Å²) in [4.78, 5) is 12.3. The van der Waals surface area contributed by atoms with Crippen LogP contribution >= 0.6 is 0 Å². The summed E-state index contributed by atoms with van der Waals surface area (Å²) in [5, 5.41) is 13.1. The lowest BCUT2D eigenvalue weighted by Crippen LogP contribution is -2.34. The van der Waals surface area contributed by atoms with Crippen molar-refractivity contribution in [2.75, 3.05) is 7.11 Å². The van der Waals surface area contributed by atoms with Crippen LogP contribution in [-0.2, 0) is 17.6 Å². The number of hydrogen-bond donors (Lipinski definition) is 2. The van der Waals surface area contributed by atoms with Crippen LogP contribution in [0.25, 0.3) is 0 Å². The molecule has 0 saturated carbocycles. The molecule has 1 aliphatic carbocycles. The minimum Gasteiger partial charge on any atom is -0.496 e. The largest absolute Gasteiger partial charge is 0.496 e. The lowest BCUT2D eigenvalue weighted by atomic mass is 10.1. The maximum absolute atomic E-state index is 12.3. The monoisotopic (exact) mass is 297 g/mol. The number of para-hydroxylation sites is 1. The lowest BCUT2D eigenvalue weighted by molar-refractivity contribution is -0.122. The molecule has 2 atom stereocenters. The van der Waals surface area contributed by atoms with Gasteiger partial charge >= 0.3 is 0 Å². The SMILES string of the molecule is COc1ccccc1CC(=O)N[C@@H]1c2ccccc2C[C@@H]1O. The number of ether oxygens (including phenoxy) is 1. The van der Waals surface area contributed by atoms with Gasteiger partial charge in [0.1, 0.15) is 5.75 Å². The van der Waals surface area contributed by atoms with E-state index in [0.29, 0.717) is 12.2 Å². The van der Waals surface area contributed by atoms with Crippen molar-refractivity contribution in [2.45, 2.75) is 25.0 Å². The van der Waals surface area contributed by atoms with Crippen LogP contribution < -0.4 is 10.1 Å². The predicted molar refractivity (Wildman–Crippen MR) is 83.7 cm³/mol. The number of hydrogen-bond acceptors (Lipinski definition) is 3. The topological polar surface area (TPSA) is 58.6 Å². The quantitative estimate of drug-likeness (QED) is 0.907. The molecule has 2 aromatic carbocycles. The van der Waals surface area contributed by atoms with E-state index in [4.69, 9.17) is 4.74 Å². The first-order chi connectivity index (χ1) is 10.7. The summed E-state index contributed by atoms with van der Waals surface area (Å²) in [6.45, 7) is 0. The van der Waals surface area contributed by atoms with Crippen LogP contribution in [0.15, 0.2) is 48.5 Å². The molecule has 0 aliphatic heterocycles. The molecule has 0 heterocycles. The zero-order valence-electron chi connectivity index (χ0n) is 12.5. The van der Waals surface area contributed by atoms with Crippen molar-refractivity contribution >= 4 is 5.91 Å². The summed E-state index contributed by atoms with van der Waals surface area (Å²) in [5.74, 6) is 0.579. The van der Waals surface area contributed by atoms with E-state index < -0.39 is 6.10 Å². The Hall–Kier alpha value is -2.33. The van der Waals surface area contributed by atoms with Crippen LogP contribution in [0.3, 0.4) is 0 Å². The van der Waals surface area contributed by atoms with Crippen LogP contribution in [0.5, 0.6) is 5.75 Å². The highest BCUT2D eigenvalue weighted by molar-refractivity contribution is 5.80. The molecular weight excluding hydrogens is 278 g/mol. The molecule has 0 fully saturated rings. The van der Waals surface area contributed by atoms with Gasteiger partial charge in [0, 0.05) is 12.0 Å². The first-order valence-corrected chi connectivity index (χ1v) is 7.36. The van der Waals surface area contributed by atoms with Crippen LogP contribution in [0.2, 0.25) is 0 Å². The molecule has 0 unspecified atom stereocenters. The van der Waals surface area contributed by atoms with Crippen molar-refractivity contribution in [2.24, 2.45) is 0 Å². The zero-order valence-corrected chi connectivity index (χ0v) is 12.5. The number of benzene rings is 2. The summed E-state index contributed by atoms with van der Waals surface area (Å²) in [7, 11) is 1.59. The Morgan fingerprint density at radius 2 is 1.95 bits per heavy atom. The summed E-state index contributed by atoms with van der Waals surface area (Å²) < 4.78 is 5.26. The van der Waals surface area contributed by atoms with Crippen molar-refractivity contribution in [3.05, 3.63) is 65.2 Å². The van der Waals surface area contributed by atoms with Gasteiger partial charge in [0.2, 0.25) is 5.91 Å². The van der Waals surface area contributed by atoms with E-state index in [1.54, 1.807) is 7.11 Å². The van der Waals surface area contributed by atoms with E-state index >= 15 is 0 Å². The van der Waals surface area contributed by atoms with E-state index in [1.165, 1.54) is 0 Å². The van der Waals surface area contributed by atoms with Gasteiger partial charge in [-0.25, -0.2) is 0 Å². The fraction of sp³-hybridized carbons (Fsp3) is 0.278. The highest BCUT2D eigenvalue weighted by atomic mass is 16.5. The third-order valence-electron chi connectivity index (χ3n) is 4.06. The predicted octanol–water partition coefficient (Wildman–Crippen LogP) is 2.01. The number of carbonyl (C=O) groups is 1. The average molecular weight is 297 g/mol. The van der Waals surface area contributed by atoms with Crippen LogP contribution in [-0.4, -0.2) is 24.2 Å². The van der Waals surface area contributed by atoms with Crippen molar-refractivity contribution in [3.63, 3.8) is 0 Å². The summed E-state index contributed by atoms with van der Waals surface area (Å²) >= 11 is 0. The maximum atomic E-state index is 12.3. The molecule has 4 nitrogen and oxygen atoms in total. The molecule has 2 aromatic rings. The number of carbonyl (C=O) groups excluding carboxylic acids is 1. The number of rotatable bonds is 4. The van der Waals surface area contributed by atoms with Crippen LogP contribution in [0.1, 0.15) is 22.7 Å². The Balaban J connectivity index is 1.72. The molecule has 3 rings (SSSR count). The number of fused-ring (bicyclic) bond motifs is 1. The number of aliphatic hydroxyl groups excluding tert-OH is 1. The minimum atomic E-state index is -0.570. The fourth-order valence-corrected chi connectivity index (χ4v) is 2.99. The summed E-state index contributed by atoms with van der Waals surface area (Å²) in [5.41, 5.74) is 2.93. The number of aliphatic hydroxyl groups is 1. The lowest BCUT2D eigenvalue weighted by Gasteiger charge is -2.18. The number of methoxy groups -OCH3 is 1. The standard InChI is InChI=1S/C18H19NO3/c1-22-16-9-5-3-7-13(16)11-17(21)19-18-14-8-4-2-6-12(14)10-15(18)20/h2-9,15,18,20H,10-11H2,1H3,(H,19,21)/t15-,18+/m0/s1. The molecule has 0 radical (unpaired) electrons. The normalized spacial score (nSPS) is 19.5. The van der Waals surface area contributed by atoms with E-state index in [1.807, 2.05) is 48.5 Å². The van der Waals surface area contributed by atoms with Crippen molar-refractivity contribution < 1.29 is 14.6 Å². The van der Waals surface area contributed by atoms with Gasteiger partial charge in [0.25, 0.3) is 0 Å². The highest BCUT2D eigenvalue weighted by Crippen LogP contribution is 2.31. The smallest absolute Gasteiger partial charge is 0.225 e. The fourth-order valence-electron chi connectivity index (χ4n) is 2.99. The van der Waals surface area contributed by atoms with Crippen molar-refractivity contribution in [1.29, 1.82) is 0 Å². The Bertz CT molecular complexity index is 684. The van der Waals surface area contributed by atoms with E-state index in [9.17, 15) is 9.90 Å². The second kappa shape index (κ2) is 6.20. The van der Waals surface area contributed by atoms with E-state index in [2.05, 4.69) is 5.32 Å². The van der Waals surface area contributed by atoms with Gasteiger partial charge in [-0.2, -0.15) is 0 Å². The molecule has 22 heavy (non-hydrogen) atoms. The van der Waals surface area contributed by atoms with Gasteiger partial charge < -0.3 is 15.2 Å².